The van der Waals surface area contributed by atoms with Crippen molar-refractivity contribution >= 4 is 80.9 Å². The molecular weight excluding hydrogens is 478 g/mol. The van der Waals surface area contributed by atoms with Crippen molar-refractivity contribution in [3.8, 4) is 0 Å². The molecule has 30 heavy (non-hydrogen) atoms. The van der Waals surface area contributed by atoms with E-state index in [-0.39, 0.29) is 43.1 Å². The molecule has 0 aliphatic heterocycles. The van der Waals surface area contributed by atoms with Crippen LogP contribution in [0.15, 0.2) is 55.2 Å². The van der Waals surface area contributed by atoms with Crippen LogP contribution in [-0.2, 0) is 0 Å². The van der Waals surface area contributed by atoms with E-state index in [0.29, 0.717) is 22.6 Å². The lowest BCUT2D eigenvalue weighted by Crippen LogP contribution is -2.07. The number of hydrogen-bond acceptors (Lipinski definition) is 6. The standard InChI is InChI=1S/2C10H4Cl2O3/c2*11-6-1-7-9(14)5(3-13)4-15-10(7)8(12)2-6/h2*1-4H. The van der Waals surface area contributed by atoms with E-state index >= 15 is 0 Å². The summed E-state index contributed by atoms with van der Waals surface area (Å²) in [4.78, 5) is 44.3. The molecule has 152 valence electrons. The van der Waals surface area contributed by atoms with Gasteiger partial charge in [-0.1, -0.05) is 46.4 Å². The average molecular weight is 486 g/mol. The Balaban J connectivity index is 0.000000171. The van der Waals surface area contributed by atoms with Gasteiger partial charge in [-0.3, -0.25) is 19.2 Å². The molecule has 0 aliphatic carbocycles. The van der Waals surface area contributed by atoms with Crippen LogP contribution < -0.4 is 10.9 Å². The normalized spacial score (nSPS) is 10.5. The quantitative estimate of drug-likeness (QED) is 0.332. The summed E-state index contributed by atoms with van der Waals surface area (Å²) >= 11 is 23.1. The van der Waals surface area contributed by atoms with Crippen LogP contribution in [-0.4, -0.2) is 12.6 Å². The molecule has 10 heteroatoms. The molecule has 4 aromatic rings. The highest BCUT2D eigenvalue weighted by atomic mass is 35.5. The van der Waals surface area contributed by atoms with Crippen molar-refractivity contribution in [1.29, 1.82) is 0 Å². The predicted molar refractivity (Wildman–Crippen MR) is 116 cm³/mol. The third kappa shape index (κ3) is 4.27. The summed E-state index contributed by atoms with van der Waals surface area (Å²) in [5, 5.41) is 1.54. The number of halogens is 4. The molecule has 4 rings (SSSR count). The van der Waals surface area contributed by atoms with E-state index in [4.69, 9.17) is 55.2 Å². The average Bonchev–Trinajstić information content (AvgIpc) is 2.70. The Morgan fingerprint density at radius 3 is 1.33 bits per heavy atom. The van der Waals surface area contributed by atoms with Crippen molar-refractivity contribution in [1.82, 2.24) is 0 Å². The minimum Gasteiger partial charge on any atom is -0.462 e. The van der Waals surface area contributed by atoms with Crippen molar-refractivity contribution in [2.75, 3.05) is 0 Å². The van der Waals surface area contributed by atoms with Crippen LogP contribution >= 0.6 is 46.4 Å². The van der Waals surface area contributed by atoms with Gasteiger partial charge in [-0.15, -0.1) is 0 Å². The van der Waals surface area contributed by atoms with Gasteiger partial charge in [0.15, 0.2) is 23.7 Å². The first-order valence-corrected chi connectivity index (χ1v) is 9.49. The summed E-state index contributed by atoms with van der Waals surface area (Å²) in [6.07, 6.45) is 3.02. The molecule has 2 heterocycles. The maximum absolute atomic E-state index is 11.7. The Morgan fingerprint density at radius 1 is 0.633 bits per heavy atom. The van der Waals surface area contributed by atoms with Crippen molar-refractivity contribution in [3.05, 3.63) is 88.5 Å². The molecule has 0 bridgehead atoms. The zero-order chi connectivity index (χ0) is 22.0. The fourth-order valence-corrected chi connectivity index (χ4v) is 3.60. The number of benzene rings is 2. The lowest BCUT2D eigenvalue weighted by molar-refractivity contribution is 0.111. The number of hydrogen-bond donors (Lipinski definition) is 0. The van der Waals surface area contributed by atoms with Crippen molar-refractivity contribution in [2.45, 2.75) is 0 Å². The number of fused-ring (bicyclic) bond motifs is 2. The number of aldehydes is 2. The Labute approximate surface area is 187 Å². The highest BCUT2D eigenvalue weighted by Crippen LogP contribution is 2.27. The van der Waals surface area contributed by atoms with E-state index in [1.165, 1.54) is 24.3 Å². The first-order chi connectivity index (χ1) is 14.3. The summed E-state index contributed by atoms with van der Waals surface area (Å²) in [6.45, 7) is 0. The second-order valence-electron chi connectivity index (χ2n) is 5.80. The van der Waals surface area contributed by atoms with Gasteiger partial charge in [0.25, 0.3) is 0 Å². The highest BCUT2D eigenvalue weighted by Gasteiger charge is 2.11. The first kappa shape index (κ1) is 22.1. The number of carbonyl (C=O) groups excluding carboxylic acids is 2. The van der Waals surface area contributed by atoms with E-state index in [9.17, 15) is 19.2 Å². The number of rotatable bonds is 2. The molecule has 0 amide bonds. The Morgan fingerprint density at radius 2 is 1.00 bits per heavy atom. The Kier molecular flexibility index (Phi) is 6.63. The second-order valence-corrected chi connectivity index (χ2v) is 7.49. The van der Waals surface area contributed by atoms with Crippen molar-refractivity contribution < 1.29 is 18.4 Å². The topological polar surface area (TPSA) is 94.6 Å². The molecule has 0 saturated heterocycles. The fourth-order valence-electron chi connectivity index (χ4n) is 2.52. The predicted octanol–water partition coefficient (Wildman–Crippen LogP) is 5.82. The molecule has 2 aromatic carbocycles. The molecular formula is C20H8Cl4O6. The number of carbonyl (C=O) groups is 2. The van der Waals surface area contributed by atoms with Gasteiger partial charge in [-0.05, 0) is 24.3 Å². The Hall–Kier alpha value is -2.64. The zero-order valence-electron chi connectivity index (χ0n) is 14.6. The monoisotopic (exact) mass is 484 g/mol. The van der Waals surface area contributed by atoms with Crippen molar-refractivity contribution in [2.24, 2.45) is 0 Å². The minimum absolute atomic E-state index is 0.0548. The van der Waals surface area contributed by atoms with Gasteiger partial charge in [-0.25, -0.2) is 0 Å². The van der Waals surface area contributed by atoms with E-state index in [1.807, 2.05) is 0 Å². The molecule has 0 aliphatic rings. The molecule has 0 spiro atoms. The van der Waals surface area contributed by atoms with Crippen LogP contribution in [0.3, 0.4) is 0 Å². The molecule has 0 saturated carbocycles. The lowest BCUT2D eigenvalue weighted by atomic mass is 10.2. The van der Waals surface area contributed by atoms with Gasteiger partial charge in [0, 0.05) is 10.0 Å². The summed E-state index contributed by atoms with van der Waals surface area (Å²) in [6, 6.07) is 5.77. The van der Waals surface area contributed by atoms with E-state index < -0.39 is 10.9 Å². The highest BCUT2D eigenvalue weighted by molar-refractivity contribution is 6.38. The molecule has 0 unspecified atom stereocenters. The second kappa shape index (κ2) is 9.02. The maximum atomic E-state index is 11.7. The van der Waals surface area contributed by atoms with Crippen LogP contribution in [0.1, 0.15) is 20.7 Å². The van der Waals surface area contributed by atoms with Crippen LogP contribution in [0.25, 0.3) is 21.9 Å². The lowest BCUT2D eigenvalue weighted by Gasteiger charge is -2.00. The van der Waals surface area contributed by atoms with Gasteiger partial charge < -0.3 is 8.83 Å². The van der Waals surface area contributed by atoms with Crippen LogP contribution in [0.4, 0.5) is 0 Å². The van der Waals surface area contributed by atoms with Gasteiger partial charge in [0.2, 0.25) is 10.9 Å². The van der Waals surface area contributed by atoms with Gasteiger partial charge in [0.1, 0.15) is 12.5 Å². The third-order valence-corrected chi connectivity index (χ3v) is 4.89. The fraction of sp³-hybridized carbons (Fsp3) is 0. The van der Waals surface area contributed by atoms with Crippen LogP contribution in [0.5, 0.6) is 0 Å². The van der Waals surface area contributed by atoms with Crippen LogP contribution in [0, 0.1) is 0 Å². The molecule has 0 radical (unpaired) electrons. The smallest absolute Gasteiger partial charge is 0.203 e. The van der Waals surface area contributed by atoms with E-state index in [2.05, 4.69) is 0 Å². The summed E-state index contributed by atoms with van der Waals surface area (Å²) in [5.41, 5.74) is -0.513. The molecule has 6 nitrogen and oxygen atoms in total. The summed E-state index contributed by atoms with van der Waals surface area (Å²) < 4.78 is 10.2. The summed E-state index contributed by atoms with van der Waals surface area (Å²) in [5.74, 6) is 0. The molecule has 0 N–H and O–H groups in total. The third-order valence-electron chi connectivity index (χ3n) is 3.89. The van der Waals surface area contributed by atoms with E-state index in [0.717, 1.165) is 12.5 Å². The van der Waals surface area contributed by atoms with Crippen LogP contribution in [0.2, 0.25) is 20.1 Å². The largest absolute Gasteiger partial charge is 0.462 e. The van der Waals surface area contributed by atoms with Gasteiger partial charge >= 0.3 is 0 Å². The maximum Gasteiger partial charge on any atom is 0.203 e. The minimum atomic E-state index is -0.435. The van der Waals surface area contributed by atoms with Gasteiger partial charge in [0.05, 0.1) is 31.9 Å². The molecule has 0 atom stereocenters. The van der Waals surface area contributed by atoms with E-state index in [1.54, 1.807) is 0 Å². The Bertz CT molecular complexity index is 1310. The molecule has 0 fully saturated rings. The SMILES string of the molecule is O=Cc1coc2c(Cl)cc(Cl)cc2c1=O.O=Cc1coc2c(Cl)cc(Cl)cc2c1=O. The first-order valence-electron chi connectivity index (χ1n) is 7.98. The van der Waals surface area contributed by atoms with Gasteiger partial charge in [-0.2, -0.15) is 0 Å². The molecule has 2 aromatic heterocycles. The zero-order valence-corrected chi connectivity index (χ0v) is 17.6. The van der Waals surface area contributed by atoms with Crippen molar-refractivity contribution in [3.63, 3.8) is 0 Å². The summed E-state index contributed by atoms with van der Waals surface area (Å²) in [7, 11) is 0.